The highest BCUT2D eigenvalue weighted by atomic mass is 32.2. The van der Waals surface area contributed by atoms with E-state index in [0.717, 1.165) is 25.0 Å². The van der Waals surface area contributed by atoms with Crippen LogP contribution in [-0.4, -0.2) is 49.9 Å². The van der Waals surface area contributed by atoms with Gasteiger partial charge in [0.15, 0.2) is 0 Å². The number of hydrogen-bond acceptors (Lipinski definition) is 6. The minimum absolute atomic E-state index is 0.0619. The number of rotatable bonds is 7. The van der Waals surface area contributed by atoms with Crippen molar-refractivity contribution in [1.82, 2.24) is 14.9 Å². The fraction of sp³-hybridized carbons (Fsp3) is 0.750. The van der Waals surface area contributed by atoms with Crippen LogP contribution in [0.4, 0.5) is 0 Å². The van der Waals surface area contributed by atoms with Gasteiger partial charge >= 0.3 is 0 Å². The average molecular weight is 340 g/mol. The average Bonchev–Trinajstić information content (AvgIpc) is 2.54. The van der Waals surface area contributed by atoms with Crippen molar-refractivity contribution in [2.24, 2.45) is 5.92 Å². The number of hydrogen-bond donors (Lipinski definition) is 0. The molecule has 0 spiro atoms. The molecule has 1 aromatic heterocycles. The first-order valence-electron chi connectivity index (χ1n) is 8.24. The number of unbranched alkanes of at least 4 members (excludes halogenated alkanes) is 1. The highest BCUT2D eigenvalue weighted by molar-refractivity contribution is 7.80. The van der Waals surface area contributed by atoms with Crippen LogP contribution in [0.3, 0.4) is 0 Å². The Bertz CT molecular complexity index is 537. The summed E-state index contributed by atoms with van der Waals surface area (Å²) in [7, 11) is 0. The van der Waals surface area contributed by atoms with Crippen LogP contribution in [0.15, 0.2) is 12.4 Å². The second kappa shape index (κ2) is 8.28. The molecule has 1 aliphatic heterocycles. The van der Waals surface area contributed by atoms with Crippen LogP contribution in [0.5, 0.6) is 0 Å². The number of morpholine rings is 1. The van der Waals surface area contributed by atoms with Gasteiger partial charge in [0.1, 0.15) is 11.2 Å². The molecule has 7 heteroatoms. The molecule has 0 N–H and O–H groups in total. The van der Waals surface area contributed by atoms with Crippen molar-refractivity contribution in [2.45, 2.75) is 44.9 Å². The molecule has 3 unspecified atom stereocenters. The molecule has 1 fully saturated rings. The Kier molecular flexibility index (Phi) is 6.64. The summed E-state index contributed by atoms with van der Waals surface area (Å²) in [4.78, 5) is 9.37. The van der Waals surface area contributed by atoms with Gasteiger partial charge in [-0.1, -0.05) is 26.7 Å². The molecular formula is C16H26N3O3S-. The summed E-state index contributed by atoms with van der Waals surface area (Å²) >= 11 is -2.32. The van der Waals surface area contributed by atoms with Crippen molar-refractivity contribution in [3.05, 3.63) is 23.8 Å². The van der Waals surface area contributed by atoms with Crippen molar-refractivity contribution in [2.75, 3.05) is 26.3 Å². The molecule has 0 radical (unpaired) electrons. The van der Waals surface area contributed by atoms with Crippen LogP contribution in [0.2, 0.25) is 0 Å². The second-order valence-corrected chi connectivity index (χ2v) is 7.21. The maximum absolute atomic E-state index is 12.5. The number of nitrogens with zero attached hydrogens (tertiary/aromatic N) is 3. The fourth-order valence-electron chi connectivity index (χ4n) is 3.33. The number of aryl methyl sites for hydroxylation is 1. The van der Waals surface area contributed by atoms with Gasteiger partial charge in [-0.3, -0.25) is 9.11 Å². The Balaban J connectivity index is 2.51. The summed E-state index contributed by atoms with van der Waals surface area (Å²) in [6.07, 6.45) is 4.33. The van der Waals surface area contributed by atoms with Gasteiger partial charge in [-0.2, -0.15) is 0 Å². The molecule has 0 amide bonds. The quantitative estimate of drug-likeness (QED) is 0.706. The lowest BCUT2D eigenvalue weighted by Gasteiger charge is -2.49. The van der Waals surface area contributed by atoms with Crippen molar-refractivity contribution in [1.29, 1.82) is 0 Å². The first kappa shape index (κ1) is 18.4. The molecule has 6 nitrogen and oxygen atoms in total. The largest absolute Gasteiger partial charge is 0.771 e. The van der Waals surface area contributed by atoms with Crippen LogP contribution in [0.1, 0.15) is 44.5 Å². The van der Waals surface area contributed by atoms with E-state index < -0.39 is 16.0 Å². The van der Waals surface area contributed by atoms with Crippen LogP contribution in [-0.2, 0) is 20.7 Å². The van der Waals surface area contributed by atoms with E-state index in [1.807, 2.05) is 18.7 Å². The van der Waals surface area contributed by atoms with E-state index >= 15 is 0 Å². The van der Waals surface area contributed by atoms with E-state index in [-0.39, 0.29) is 5.92 Å². The summed E-state index contributed by atoms with van der Waals surface area (Å²) in [5.74, 6) is -0.0619. The maximum atomic E-state index is 12.5. The molecule has 23 heavy (non-hydrogen) atoms. The van der Waals surface area contributed by atoms with Crippen LogP contribution < -0.4 is 0 Å². The van der Waals surface area contributed by atoms with E-state index in [2.05, 4.69) is 16.9 Å². The Morgan fingerprint density at radius 3 is 2.70 bits per heavy atom. The van der Waals surface area contributed by atoms with Crippen molar-refractivity contribution in [3.63, 3.8) is 0 Å². The first-order valence-corrected chi connectivity index (χ1v) is 9.32. The van der Waals surface area contributed by atoms with Gasteiger partial charge in [0.2, 0.25) is 0 Å². The molecule has 0 aromatic carbocycles. The normalized spacial score (nSPS) is 21.6. The summed E-state index contributed by atoms with van der Waals surface area (Å²) in [5.41, 5.74) is 1.35. The molecule has 1 saturated heterocycles. The lowest BCUT2D eigenvalue weighted by molar-refractivity contribution is -0.0163. The third kappa shape index (κ3) is 3.79. The summed E-state index contributed by atoms with van der Waals surface area (Å²) < 4.78 is 30.4. The van der Waals surface area contributed by atoms with Crippen molar-refractivity contribution < 1.29 is 13.5 Å². The van der Waals surface area contributed by atoms with Gasteiger partial charge in [-0.15, -0.1) is 0 Å². The second-order valence-electron chi connectivity index (χ2n) is 6.12. The Labute approximate surface area is 140 Å². The molecule has 0 bridgehead atoms. The smallest absolute Gasteiger partial charge is 0.129 e. The summed E-state index contributed by atoms with van der Waals surface area (Å²) in [6.45, 7) is 8.26. The highest BCUT2D eigenvalue weighted by Gasteiger charge is 2.46. The van der Waals surface area contributed by atoms with Gasteiger partial charge in [-0.25, -0.2) is 9.97 Å². The third-order valence-electron chi connectivity index (χ3n) is 4.56. The predicted octanol–water partition coefficient (Wildman–Crippen LogP) is 1.98. The van der Waals surface area contributed by atoms with E-state index in [9.17, 15) is 8.76 Å². The summed E-state index contributed by atoms with van der Waals surface area (Å²) in [6, 6.07) is 1.80. The van der Waals surface area contributed by atoms with Crippen molar-refractivity contribution in [3.8, 4) is 0 Å². The molecule has 130 valence electrons. The Morgan fingerprint density at radius 1 is 1.43 bits per heavy atom. The molecule has 0 saturated carbocycles. The lowest BCUT2D eigenvalue weighted by Crippen LogP contribution is -2.57. The van der Waals surface area contributed by atoms with Crippen LogP contribution in [0.25, 0.3) is 0 Å². The zero-order valence-electron chi connectivity index (χ0n) is 14.2. The SMILES string of the molecule is CCCCC(C)C(c1cc(C)ncn1)(N1CCOCC1)S(=O)[O-]. The van der Waals surface area contributed by atoms with Gasteiger partial charge in [0.05, 0.1) is 18.9 Å². The molecule has 1 aliphatic rings. The predicted molar refractivity (Wildman–Crippen MR) is 88.4 cm³/mol. The van der Waals surface area contributed by atoms with Crippen molar-refractivity contribution >= 4 is 11.1 Å². The standard InChI is InChI=1S/C16H27N3O3S/c1-4-5-6-13(2)16(23(20)21,19-7-9-22-10-8-19)15-11-14(3)17-12-18-15/h11-13H,4-10H2,1-3H3,(H,20,21)/p-1. The van der Waals surface area contributed by atoms with Gasteiger partial charge in [-0.05, 0) is 36.4 Å². The minimum atomic E-state index is -2.32. The molecule has 2 heterocycles. The Hall–Kier alpha value is -0.890. The van der Waals surface area contributed by atoms with E-state index in [0.29, 0.717) is 32.0 Å². The zero-order chi connectivity index (χ0) is 16.9. The van der Waals surface area contributed by atoms with E-state index in [1.165, 1.54) is 6.33 Å². The Morgan fingerprint density at radius 2 is 2.13 bits per heavy atom. The number of ether oxygens (including phenoxy) is 1. The fourth-order valence-corrected chi connectivity index (χ4v) is 4.46. The topological polar surface area (TPSA) is 78.4 Å². The lowest BCUT2D eigenvalue weighted by atomic mass is 9.90. The monoisotopic (exact) mass is 340 g/mol. The maximum Gasteiger partial charge on any atom is 0.129 e. The molecule has 2 rings (SSSR count). The number of aromatic nitrogens is 2. The molecule has 3 atom stereocenters. The van der Waals surface area contributed by atoms with Gasteiger partial charge in [0, 0.05) is 18.8 Å². The third-order valence-corrected chi connectivity index (χ3v) is 5.94. The molecular weight excluding hydrogens is 314 g/mol. The summed E-state index contributed by atoms with van der Waals surface area (Å²) in [5, 5.41) is 0. The first-order chi connectivity index (χ1) is 11.0. The van der Waals surface area contributed by atoms with E-state index in [1.54, 1.807) is 6.07 Å². The van der Waals surface area contributed by atoms with Crippen LogP contribution >= 0.6 is 0 Å². The zero-order valence-corrected chi connectivity index (χ0v) is 15.0. The van der Waals surface area contributed by atoms with Gasteiger partial charge < -0.3 is 9.29 Å². The van der Waals surface area contributed by atoms with E-state index in [4.69, 9.17) is 4.74 Å². The molecule has 0 aliphatic carbocycles. The van der Waals surface area contributed by atoms with Crippen LogP contribution in [0, 0.1) is 12.8 Å². The van der Waals surface area contributed by atoms with Gasteiger partial charge in [0.25, 0.3) is 0 Å². The minimum Gasteiger partial charge on any atom is -0.771 e. The highest BCUT2D eigenvalue weighted by Crippen LogP contribution is 2.40. The molecule has 1 aromatic rings.